The topological polar surface area (TPSA) is 12.0 Å². The van der Waals surface area contributed by atoms with Gasteiger partial charge in [-0.15, -0.1) is 0 Å². The van der Waals surface area contributed by atoms with E-state index < -0.39 is 11.6 Å². The highest BCUT2D eigenvalue weighted by molar-refractivity contribution is 5.21. The summed E-state index contributed by atoms with van der Waals surface area (Å²) in [5.41, 5.74) is 0.657. The lowest BCUT2D eigenvalue weighted by Gasteiger charge is -2.19. The summed E-state index contributed by atoms with van der Waals surface area (Å²) in [6.45, 7) is 1.92. The van der Waals surface area contributed by atoms with E-state index in [0.29, 0.717) is 11.6 Å². The van der Waals surface area contributed by atoms with E-state index in [1.54, 1.807) is 0 Å². The second-order valence-corrected chi connectivity index (χ2v) is 4.23. The Morgan fingerprint density at radius 1 is 1.12 bits per heavy atom. The smallest absolute Gasteiger partial charge is 0.126 e. The van der Waals surface area contributed by atoms with Gasteiger partial charge in [0.25, 0.3) is 0 Å². The number of nitrogens with one attached hydrogen (secondary N) is 1. The molecule has 1 N–H and O–H groups in total. The molecule has 2 rings (SSSR count). The number of hydrogen-bond donors (Lipinski definition) is 1. The van der Waals surface area contributed by atoms with E-state index in [1.165, 1.54) is 12.1 Å². The Labute approximate surface area is 94.2 Å². The minimum atomic E-state index is -0.520. The summed E-state index contributed by atoms with van der Waals surface area (Å²) < 4.78 is 26.0. The second-order valence-electron chi connectivity index (χ2n) is 4.23. The van der Waals surface area contributed by atoms with Gasteiger partial charge in [-0.05, 0) is 37.5 Å². The predicted molar refractivity (Wildman–Crippen MR) is 60.1 cm³/mol. The van der Waals surface area contributed by atoms with Gasteiger partial charge in [0.05, 0.1) is 0 Å². The molecule has 1 aliphatic rings. The molecule has 0 saturated carbocycles. The van der Waals surface area contributed by atoms with Gasteiger partial charge in [-0.3, -0.25) is 0 Å². The van der Waals surface area contributed by atoms with Gasteiger partial charge >= 0.3 is 0 Å². The van der Waals surface area contributed by atoms with Gasteiger partial charge in [-0.25, -0.2) is 8.78 Å². The van der Waals surface area contributed by atoms with Gasteiger partial charge in [0.1, 0.15) is 11.6 Å². The number of halogens is 2. The Kier molecular flexibility index (Phi) is 3.34. The summed E-state index contributed by atoms with van der Waals surface area (Å²) >= 11 is 0. The number of hydrogen-bond acceptors (Lipinski definition) is 1. The molecular weight excluding hydrogens is 208 g/mol. The largest absolute Gasteiger partial charge is 0.307 e. The van der Waals surface area contributed by atoms with Crippen LogP contribution in [-0.4, -0.2) is 6.04 Å². The van der Waals surface area contributed by atoms with E-state index in [1.807, 2.05) is 6.92 Å². The SMILES string of the molecule is CC(NC1CC=CC1)c1cc(F)cc(F)c1. The van der Waals surface area contributed by atoms with Crippen molar-refractivity contribution in [3.8, 4) is 0 Å². The van der Waals surface area contributed by atoms with E-state index in [2.05, 4.69) is 17.5 Å². The minimum absolute atomic E-state index is 0.0323. The van der Waals surface area contributed by atoms with Crippen LogP contribution in [0.1, 0.15) is 31.4 Å². The zero-order valence-electron chi connectivity index (χ0n) is 9.21. The lowest BCUT2D eigenvalue weighted by molar-refractivity contribution is 0.466. The maximum Gasteiger partial charge on any atom is 0.126 e. The van der Waals surface area contributed by atoms with E-state index in [9.17, 15) is 8.78 Å². The zero-order chi connectivity index (χ0) is 11.5. The standard InChI is InChI=1S/C13H15F2N/c1-9(16-13-4-2-3-5-13)10-6-11(14)8-12(15)7-10/h2-3,6-9,13,16H,4-5H2,1H3. The zero-order valence-corrected chi connectivity index (χ0v) is 9.21. The van der Waals surface area contributed by atoms with Crippen molar-refractivity contribution in [1.29, 1.82) is 0 Å². The summed E-state index contributed by atoms with van der Waals surface area (Å²) in [5.74, 6) is -1.04. The van der Waals surface area contributed by atoms with Crippen LogP contribution < -0.4 is 5.32 Å². The minimum Gasteiger partial charge on any atom is -0.307 e. The predicted octanol–water partition coefficient (Wildman–Crippen LogP) is 3.33. The van der Waals surface area contributed by atoms with Crippen LogP contribution in [0.2, 0.25) is 0 Å². The molecular formula is C13H15F2N. The van der Waals surface area contributed by atoms with Crippen molar-refractivity contribution in [2.75, 3.05) is 0 Å². The van der Waals surface area contributed by atoms with Crippen molar-refractivity contribution < 1.29 is 8.78 Å². The molecule has 86 valence electrons. The molecule has 1 aromatic rings. The molecule has 1 aromatic carbocycles. The van der Waals surface area contributed by atoms with Gasteiger partial charge in [-0.2, -0.15) is 0 Å². The average molecular weight is 223 g/mol. The molecule has 0 fully saturated rings. The van der Waals surface area contributed by atoms with Crippen LogP contribution in [0, 0.1) is 11.6 Å². The van der Waals surface area contributed by atoms with Crippen molar-refractivity contribution in [3.63, 3.8) is 0 Å². The molecule has 0 amide bonds. The normalized spacial score (nSPS) is 17.9. The summed E-state index contributed by atoms with van der Waals surface area (Å²) in [4.78, 5) is 0. The van der Waals surface area contributed by atoms with Crippen LogP contribution in [0.25, 0.3) is 0 Å². The maximum atomic E-state index is 13.0. The van der Waals surface area contributed by atoms with Crippen molar-refractivity contribution in [1.82, 2.24) is 5.32 Å². The summed E-state index contributed by atoms with van der Waals surface area (Å²) in [5, 5.41) is 3.35. The summed E-state index contributed by atoms with van der Waals surface area (Å²) in [6, 6.07) is 4.01. The Bertz CT molecular complexity index is 373. The summed E-state index contributed by atoms with van der Waals surface area (Å²) in [6.07, 6.45) is 6.22. The van der Waals surface area contributed by atoms with Gasteiger partial charge in [-0.1, -0.05) is 12.2 Å². The Morgan fingerprint density at radius 2 is 1.69 bits per heavy atom. The van der Waals surface area contributed by atoms with Crippen molar-refractivity contribution >= 4 is 0 Å². The van der Waals surface area contributed by atoms with Crippen LogP contribution in [0.15, 0.2) is 30.4 Å². The Morgan fingerprint density at radius 3 is 2.25 bits per heavy atom. The van der Waals surface area contributed by atoms with Gasteiger partial charge in [0, 0.05) is 18.2 Å². The third kappa shape index (κ3) is 2.67. The van der Waals surface area contributed by atoms with Gasteiger partial charge in [0.2, 0.25) is 0 Å². The fraction of sp³-hybridized carbons (Fsp3) is 0.385. The fourth-order valence-corrected chi connectivity index (χ4v) is 2.03. The molecule has 16 heavy (non-hydrogen) atoms. The van der Waals surface area contributed by atoms with E-state index >= 15 is 0 Å². The van der Waals surface area contributed by atoms with Crippen LogP contribution in [0.3, 0.4) is 0 Å². The van der Waals surface area contributed by atoms with Crippen LogP contribution in [0.4, 0.5) is 8.78 Å². The van der Waals surface area contributed by atoms with Gasteiger partial charge in [0.15, 0.2) is 0 Å². The molecule has 3 heteroatoms. The highest BCUT2D eigenvalue weighted by Crippen LogP contribution is 2.19. The fourth-order valence-electron chi connectivity index (χ4n) is 2.03. The molecule has 1 aliphatic carbocycles. The van der Waals surface area contributed by atoms with E-state index in [-0.39, 0.29) is 6.04 Å². The highest BCUT2D eigenvalue weighted by atomic mass is 19.1. The highest BCUT2D eigenvalue weighted by Gasteiger charge is 2.15. The van der Waals surface area contributed by atoms with Crippen LogP contribution >= 0.6 is 0 Å². The lowest BCUT2D eigenvalue weighted by Crippen LogP contribution is -2.29. The molecule has 1 atom stereocenters. The first-order valence-corrected chi connectivity index (χ1v) is 5.52. The van der Waals surface area contributed by atoms with Crippen LogP contribution in [-0.2, 0) is 0 Å². The quantitative estimate of drug-likeness (QED) is 0.775. The molecule has 0 spiro atoms. The third-order valence-electron chi connectivity index (χ3n) is 2.88. The number of benzene rings is 1. The molecule has 0 bridgehead atoms. The molecule has 1 nitrogen and oxygen atoms in total. The lowest BCUT2D eigenvalue weighted by atomic mass is 10.1. The molecule has 0 radical (unpaired) electrons. The molecule has 0 aliphatic heterocycles. The molecule has 1 unspecified atom stereocenters. The van der Waals surface area contributed by atoms with Gasteiger partial charge < -0.3 is 5.32 Å². The molecule has 0 heterocycles. The number of rotatable bonds is 3. The third-order valence-corrected chi connectivity index (χ3v) is 2.88. The maximum absolute atomic E-state index is 13.0. The first kappa shape index (κ1) is 11.3. The van der Waals surface area contributed by atoms with Crippen molar-refractivity contribution in [3.05, 3.63) is 47.5 Å². The van der Waals surface area contributed by atoms with E-state index in [0.717, 1.165) is 18.9 Å². The van der Waals surface area contributed by atoms with Crippen molar-refractivity contribution in [2.24, 2.45) is 0 Å². The first-order valence-electron chi connectivity index (χ1n) is 5.52. The van der Waals surface area contributed by atoms with E-state index in [4.69, 9.17) is 0 Å². The Balaban J connectivity index is 2.04. The average Bonchev–Trinajstić information content (AvgIpc) is 2.68. The van der Waals surface area contributed by atoms with Crippen molar-refractivity contribution in [2.45, 2.75) is 31.8 Å². The molecule has 0 aromatic heterocycles. The summed E-state index contributed by atoms with van der Waals surface area (Å²) in [7, 11) is 0. The first-order chi connectivity index (χ1) is 7.65. The Hall–Kier alpha value is -1.22. The van der Waals surface area contributed by atoms with Crippen LogP contribution in [0.5, 0.6) is 0 Å². The monoisotopic (exact) mass is 223 g/mol. The molecule has 0 saturated heterocycles. The second kappa shape index (κ2) is 4.74.